The van der Waals surface area contributed by atoms with E-state index in [9.17, 15) is 4.79 Å². The summed E-state index contributed by atoms with van der Waals surface area (Å²) in [6.07, 6.45) is 2.22. The molecule has 1 N–H and O–H groups in total. The van der Waals surface area contributed by atoms with Crippen molar-refractivity contribution in [1.29, 1.82) is 0 Å². The zero-order valence-corrected chi connectivity index (χ0v) is 11.4. The number of pyridine rings is 1. The summed E-state index contributed by atoms with van der Waals surface area (Å²) < 4.78 is 2.15. The maximum absolute atomic E-state index is 11.8. The normalized spacial score (nSPS) is 10.4. The van der Waals surface area contributed by atoms with Gasteiger partial charge in [-0.2, -0.15) is 0 Å². The number of aromatic nitrogens is 2. The van der Waals surface area contributed by atoms with Crippen LogP contribution in [0.3, 0.4) is 0 Å². The van der Waals surface area contributed by atoms with E-state index in [1.807, 2.05) is 18.2 Å². The fourth-order valence-electron chi connectivity index (χ4n) is 2.05. The van der Waals surface area contributed by atoms with Crippen LogP contribution in [-0.4, -0.2) is 15.5 Å². The van der Waals surface area contributed by atoms with Crippen LogP contribution in [0.25, 0.3) is 0 Å². The minimum atomic E-state index is 0.0538. The number of aryl methyl sites for hydroxylation is 2. The van der Waals surface area contributed by atoms with Gasteiger partial charge in [-0.1, -0.05) is 6.07 Å². The highest BCUT2D eigenvalue weighted by Gasteiger charge is 2.05. The molecule has 2 rings (SSSR count). The Kier molecular flexibility index (Phi) is 4.34. The second-order valence-electron chi connectivity index (χ2n) is 4.62. The Balaban J connectivity index is 1.79. The minimum Gasteiger partial charge on any atom is -0.350 e. The molecule has 0 saturated heterocycles. The molecule has 2 aromatic rings. The fraction of sp³-hybridized carbons (Fsp3) is 0.333. The summed E-state index contributed by atoms with van der Waals surface area (Å²) in [5, 5.41) is 2.89. The molecule has 0 aliphatic carbocycles. The minimum absolute atomic E-state index is 0.0538. The Hall–Kier alpha value is -2.10. The number of carbonyl (C=O) groups excluding carboxylic acids is 1. The lowest BCUT2D eigenvalue weighted by Gasteiger charge is -2.09. The molecule has 100 valence electrons. The first-order chi connectivity index (χ1) is 9.16. The van der Waals surface area contributed by atoms with Crippen LogP contribution in [0.4, 0.5) is 0 Å². The summed E-state index contributed by atoms with van der Waals surface area (Å²) in [6.45, 7) is 5.32. The molecule has 0 radical (unpaired) electrons. The van der Waals surface area contributed by atoms with E-state index in [1.54, 1.807) is 6.20 Å². The quantitative estimate of drug-likeness (QED) is 0.892. The van der Waals surface area contributed by atoms with Gasteiger partial charge in [0.2, 0.25) is 5.91 Å². The highest BCUT2D eigenvalue weighted by molar-refractivity contribution is 5.75. The second-order valence-corrected chi connectivity index (χ2v) is 4.62. The van der Waals surface area contributed by atoms with E-state index in [1.165, 1.54) is 11.4 Å². The van der Waals surface area contributed by atoms with Crippen molar-refractivity contribution >= 4 is 5.91 Å². The van der Waals surface area contributed by atoms with E-state index in [0.29, 0.717) is 13.0 Å². The first kappa shape index (κ1) is 13.3. The van der Waals surface area contributed by atoms with Crippen LogP contribution in [0.2, 0.25) is 0 Å². The van der Waals surface area contributed by atoms with Crippen molar-refractivity contribution in [2.45, 2.75) is 33.4 Å². The molecule has 0 aliphatic heterocycles. The molecule has 1 amide bonds. The maximum Gasteiger partial charge on any atom is 0.222 e. The van der Waals surface area contributed by atoms with Crippen molar-refractivity contribution in [1.82, 2.24) is 14.9 Å². The molecule has 19 heavy (non-hydrogen) atoms. The fourth-order valence-corrected chi connectivity index (χ4v) is 2.05. The van der Waals surface area contributed by atoms with Gasteiger partial charge < -0.3 is 9.88 Å². The number of amides is 1. The predicted molar refractivity (Wildman–Crippen MR) is 74.6 cm³/mol. The molecule has 2 aromatic heterocycles. The summed E-state index contributed by atoms with van der Waals surface area (Å²) in [4.78, 5) is 16.0. The Morgan fingerprint density at radius 2 is 1.95 bits per heavy atom. The van der Waals surface area contributed by atoms with Gasteiger partial charge in [0.15, 0.2) is 0 Å². The molecule has 0 bridgehead atoms. The molecule has 0 spiro atoms. The van der Waals surface area contributed by atoms with E-state index < -0.39 is 0 Å². The SMILES string of the molecule is Cc1ccc(C)n1CCC(=O)NCc1ccccn1. The number of nitrogens with zero attached hydrogens (tertiary/aromatic N) is 2. The van der Waals surface area contributed by atoms with Crippen molar-refractivity contribution in [3.8, 4) is 0 Å². The molecule has 0 aliphatic rings. The van der Waals surface area contributed by atoms with Gasteiger partial charge in [-0.05, 0) is 38.1 Å². The Bertz CT molecular complexity index is 526. The predicted octanol–water partition coefficient (Wildman–Crippen LogP) is 2.21. The monoisotopic (exact) mass is 257 g/mol. The van der Waals surface area contributed by atoms with Gasteiger partial charge >= 0.3 is 0 Å². The third kappa shape index (κ3) is 3.68. The number of nitrogens with one attached hydrogen (secondary N) is 1. The average molecular weight is 257 g/mol. The largest absolute Gasteiger partial charge is 0.350 e. The summed E-state index contributed by atoms with van der Waals surface area (Å²) >= 11 is 0. The summed E-state index contributed by atoms with van der Waals surface area (Å²) in [7, 11) is 0. The molecule has 0 atom stereocenters. The number of hydrogen-bond donors (Lipinski definition) is 1. The molecule has 0 aromatic carbocycles. The van der Waals surface area contributed by atoms with Crippen LogP contribution < -0.4 is 5.32 Å². The average Bonchev–Trinajstić information content (AvgIpc) is 2.75. The van der Waals surface area contributed by atoms with Crippen molar-refractivity contribution in [3.63, 3.8) is 0 Å². The van der Waals surface area contributed by atoms with Gasteiger partial charge in [-0.3, -0.25) is 9.78 Å². The van der Waals surface area contributed by atoms with Crippen LogP contribution in [0, 0.1) is 13.8 Å². The summed E-state index contributed by atoms with van der Waals surface area (Å²) in [5.74, 6) is 0.0538. The number of hydrogen-bond acceptors (Lipinski definition) is 2. The van der Waals surface area contributed by atoms with Crippen LogP contribution in [0.5, 0.6) is 0 Å². The third-order valence-corrected chi connectivity index (χ3v) is 3.17. The Morgan fingerprint density at radius 3 is 2.58 bits per heavy atom. The lowest BCUT2D eigenvalue weighted by Crippen LogP contribution is -2.24. The van der Waals surface area contributed by atoms with Crippen LogP contribution >= 0.6 is 0 Å². The van der Waals surface area contributed by atoms with Gasteiger partial charge in [0.05, 0.1) is 12.2 Å². The van der Waals surface area contributed by atoms with Gasteiger partial charge in [0.25, 0.3) is 0 Å². The maximum atomic E-state index is 11.8. The molecular formula is C15H19N3O. The molecule has 0 saturated carbocycles. The zero-order chi connectivity index (χ0) is 13.7. The number of carbonyl (C=O) groups is 1. The highest BCUT2D eigenvalue weighted by atomic mass is 16.1. The first-order valence-corrected chi connectivity index (χ1v) is 6.46. The molecule has 0 fully saturated rings. The van der Waals surface area contributed by atoms with Gasteiger partial charge in [-0.25, -0.2) is 0 Å². The lowest BCUT2D eigenvalue weighted by molar-refractivity contribution is -0.121. The smallest absolute Gasteiger partial charge is 0.222 e. The van der Waals surface area contributed by atoms with E-state index in [-0.39, 0.29) is 5.91 Å². The van der Waals surface area contributed by atoms with E-state index in [0.717, 1.165) is 12.2 Å². The first-order valence-electron chi connectivity index (χ1n) is 6.46. The summed E-state index contributed by atoms with van der Waals surface area (Å²) in [5.41, 5.74) is 3.26. The molecule has 2 heterocycles. The van der Waals surface area contributed by atoms with Gasteiger partial charge in [0.1, 0.15) is 0 Å². The topological polar surface area (TPSA) is 46.9 Å². The van der Waals surface area contributed by atoms with Crippen molar-refractivity contribution in [3.05, 3.63) is 53.6 Å². The lowest BCUT2D eigenvalue weighted by atomic mass is 10.3. The van der Waals surface area contributed by atoms with Crippen LogP contribution in [-0.2, 0) is 17.9 Å². The van der Waals surface area contributed by atoms with Crippen LogP contribution in [0.1, 0.15) is 23.5 Å². The standard InChI is InChI=1S/C15H19N3O/c1-12-6-7-13(2)18(12)10-8-15(19)17-11-14-5-3-4-9-16-14/h3-7,9H,8,10-11H2,1-2H3,(H,17,19). The van der Waals surface area contributed by atoms with Crippen LogP contribution in [0.15, 0.2) is 36.5 Å². The molecule has 4 nitrogen and oxygen atoms in total. The zero-order valence-electron chi connectivity index (χ0n) is 11.4. The van der Waals surface area contributed by atoms with Gasteiger partial charge in [0, 0.05) is 30.6 Å². The van der Waals surface area contributed by atoms with Crippen molar-refractivity contribution in [2.75, 3.05) is 0 Å². The molecular weight excluding hydrogens is 238 g/mol. The van der Waals surface area contributed by atoms with Crippen molar-refractivity contribution < 1.29 is 4.79 Å². The van der Waals surface area contributed by atoms with E-state index in [2.05, 4.69) is 40.8 Å². The Morgan fingerprint density at radius 1 is 1.21 bits per heavy atom. The number of rotatable bonds is 5. The van der Waals surface area contributed by atoms with Crippen molar-refractivity contribution in [2.24, 2.45) is 0 Å². The highest BCUT2D eigenvalue weighted by Crippen LogP contribution is 2.07. The van der Waals surface area contributed by atoms with Gasteiger partial charge in [-0.15, -0.1) is 0 Å². The van der Waals surface area contributed by atoms with E-state index in [4.69, 9.17) is 0 Å². The molecule has 4 heteroatoms. The summed E-state index contributed by atoms with van der Waals surface area (Å²) in [6, 6.07) is 9.83. The van der Waals surface area contributed by atoms with E-state index >= 15 is 0 Å². The molecule has 0 unspecified atom stereocenters. The third-order valence-electron chi connectivity index (χ3n) is 3.17. The second kappa shape index (κ2) is 6.18. The Labute approximate surface area is 113 Å².